The van der Waals surface area contributed by atoms with Crippen molar-refractivity contribution in [3.63, 3.8) is 0 Å². The Balaban J connectivity index is 1.39. The van der Waals surface area contributed by atoms with E-state index in [1.807, 2.05) is 20.8 Å². The molecular weight excluding hydrogens is 360 g/mol. The van der Waals surface area contributed by atoms with Crippen LogP contribution in [0.5, 0.6) is 0 Å². The quantitative estimate of drug-likeness (QED) is 0.758. The Kier molecular flexibility index (Phi) is 4.53. The summed E-state index contributed by atoms with van der Waals surface area (Å²) in [5.41, 5.74) is 3.74. The van der Waals surface area contributed by atoms with Gasteiger partial charge in [0.25, 0.3) is 0 Å². The number of amides is 2. The molecule has 0 unspecified atom stereocenters. The Bertz CT molecular complexity index is 766. The maximum Gasteiger partial charge on any atom is 0.243 e. The number of carbonyl (C=O) groups is 2. The second kappa shape index (κ2) is 6.51. The first-order chi connectivity index (χ1) is 12.7. The van der Waals surface area contributed by atoms with Gasteiger partial charge in [-0.05, 0) is 82.3 Å². The van der Waals surface area contributed by atoms with Crippen molar-refractivity contribution in [1.29, 1.82) is 0 Å². The van der Waals surface area contributed by atoms with Crippen LogP contribution in [-0.2, 0) is 9.59 Å². The van der Waals surface area contributed by atoms with Crippen LogP contribution in [0.4, 0.5) is 5.69 Å². The van der Waals surface area contributed by atoms with E-state index in [1.54, 1.807) is 0 Å². The van der Waals surface area contributed by atoms with Crippen LogP contribution in [0.2, 0.25) is 0 Å². The molecule has 0 aromatic heterocycles. The molecule has 0 radical (unpaired) electrons. The standard InChI is InChI=1S/C22H29ClN2O2/c1-13-4-14(2)19(15(3)5-13)25-18(26)11-24-20(27)21-7-16-6-17(8-21)10-22(23,9-16)12-21/h4-5,16-17H,6-12H2,1-3H3,(H,24,27)(H,25,26)/t16-,17-,21?,22?/m0/s1. The Labute approximate surface area is 166 Å². The van der Waals surface area contributed by atoms with Crippen molar-refractivity contribution in [1.82, 2.24) is 5.32 Å². The highest BCUT2D eigenvalue weighted by molar-refractivity contribution is 6.24. The van der Waals surface area contributed by atoms with Crippen molar-refractivity contribution in [3.05, 3.63) is 28.8 Å². The van der Waals surface area contributed by atoms with Gasteiger partial charge in [0.2, 0.25) is 11.8 Å². The molecule has 1 aromatic carbocycles. The smallest absolute Gasteiger partial charge is 0.243 e. The number of alkyl halides is 1. The van der Waals surface area contributed by atoms with Gasteiger partial charge in [-0.2, -0.15) is 0 Å². The van der Waals surface area contributed by atoms with Gasteiger partial charge in [-0.25, -0.2) is 0 Å². The lowest BCUT2D eigenvalue weighted by Gasteiger charge is -2.59. The van der Waals surface area contributed by atoms with Gasteiger partial charge in [-0.15, -0.1) is 11.6 Å². The zero-order valence-corrected chi connectivity index (χ0v) is 17.2. The fourth-order valence-corrected chi connectivity index (χ4v) is 7.02. The number of carbonyl (C=O) groups excluding carboxylic acids is 2. The van der Waals surface area contributed by atoms with E-state index in [2.05, 4.69) is 22.8 Å². The van der Waals surface area contributed by atoms with Gasteiger partial charge >= 0.3 is 0 Å². The zero-order chi connectivity index (χ0) is 19.4. The summed E-state index contributed by atoms with van der Waals surface area (Å²) in [6, 6.07) is 4.10. The summed E-state index contributed by atoms with van der Waals surface area (Å²) in [5, 5.41) is 5.88. The first kappa shape index (κ1) is 18.8. The summed E-state index contributed by atoms with van der Waals surface area (Å²) >= 11 is 6.82. The third-order valence-electron chi connectivity index (χ3n) is 6.82. The third-order valence-corrected chi connectivity index (χ3v) is 7.26. The number of anilines is 1. The predicted octanol–water partition coefficient (Wildman–Crippen LogP) is 4.24. The van der Waals surface area contributed by atoms with E-state index in [9.17, 15) is 9.59 Å². The maximum absolute atomic E-state index is 13.0. The van der Waals surface area contributed by atoms with E-state index in [1.165, 1.54) is 12.0 Å². The van der Waals surface area contributed by atoms with E-state index >= 15 is 0 Å². The van der Waals surface area contributed by atoms with Crippen LogP contribution in [0.1, 0.15) is 55.2 Å². The lowest BCUT2D eigenvalue weighted by atomic mass is 9.49. The lowest BCUT2D eigenvalue weighted by molar-refractivity contribution is -0.145. The van der Waals surface area contributed by atoms with Crippen molar-refractivity contribution in [2.24, 2.45) is 17.3 Å². The number of benzene rings is 1. The SMILES string of the molecule is Cc1cc(C)c(NC(=O)CNC(=O)C23C[C@@H]4C[C@H](CC(Cl)(C4)C2)C3)c(C)c1. The zero-order valence-electron chi connectivity index (χ0n) is 16.5. The molecule has 2 atom stereocenters. The highest BCUT2D eigenvalue weighted by Gasteiger charge is 2.60. The molecule has 4 aliphatic carbocycles. The number of hydrogen-bond donors (Lipinski definition) is 2. The van der Waals surface area contributed by atoms with Gasteiger partial charge in [0.05, 0.1) is 12.0 Å². The van der Waals surface area contributed by atoms with Crippen molar-refractivity contribution in [3.8, 4) is 0 Å². The van der Waals surface area contributed by atoms with Crippen LogP contribution in [-0.4, -0.2) is 23.2 Å². The minimum atomic E-state index is -0.359. The minimum absolute atomic E-state index is 0.0119. The molecule has 0 aliphatic heterocycles. The van der Waals surface area contributed by atoms with Crippen molar-refractivity contribution >= 4 is 29.1 Å². The molecule has 5 rings (SSSR count). The van der Waals surface area contributed by atoms with Crippen LogP contribution in [0, 0.1) is 38.0 Å². The van der Waals surface area contributed by atoms with E-state index in [0.29, 0.717) is 11.8 Å². The van der Waals surface area contributed by atoms with Crippen LogP contribution < -0.4 is 10.6 Å². The van der Waals surface area contributed by atoms with Gasteiger partial charge in [-0.3, -0.25) is 9.59 Å². The number of halogens is 1. The second-order valence-electron chi connectivity index (χ2n) is 9.40. The highest BCUT2D eigenvalue weighted by atomic mass is 35.5. The van der Waals surface area contributed by atoms with Gasteiger partial charge in [0.15, 0.2) is 0 Å². The molecule has 0 saturated heterocycles. The average Bonchev–Trinajstić information content (AvgIpc) is 2.53. The predicted molar refractivity (Wildman–Crippen MR) is 108 cm³/mol. The summed E-state index contributed by atoms with van der Waals surface area (Å²) in [6.45, 7) is 6.03. The van der Waals surface area contributed by atoms with Crippen LogP contribution >= 0.6 is 11.6 Å². The summed E-state index contributed by atoms with van der Waals surface area (Å²) in [7, 11) is 0. The number of nitrogens with one attached hydrogen (secondary N) is 2. The molecule has 4 bridgehead atoms. The third kappa shape index (κ3) is 3.49. The number of hydrogen-bond acceptors (Lipinski definition) is 2. The molecule has 2 N–H and O–H groups in total. The topological polar surface area (TPSA) is 58.2 Å². The largest absolute Gasteiger partial charge is 0.347 e. The summed E-state index contributed by atoms with van der Waals surface area (Å²) < 4.78 is 0. The Morgan fingerprint density at radius 3 is 2.22 bits per heavy atom. The van der Waals surface area contributed by atoms with Crippen LogP contribution in [0.25, 0.3) is 0 Å². The fourth-order valence-electron chi connectivity index (χ4n) is 6.33. The van der Waals surface area contributed by atoms with E-state index in [0.717, 1.165) is 48.9 Å². The molecule has 27 heavy (non-hydrogen) atoms. The monoisotopic (exact) mass is 388 g/mol. The molecule has 4 fully saturated rings. The minimum Gasteiger partial charge on any atom is -0.347 e. The summed E-state index contributed by atoms with van der Waals surface area (Å²) in [6.07, 6.45) is 5.94. The van der Waals surface area contributed by atoms with Gasteiger partial charge in [0, 0.05) is 10.6 Å². The number of rotatable bonds is 4. The Hall–Kier alpha value is -1.55. The summed E-state index contributed by atoms with van der Waals surface area (Å²) in [4.78, 5) is 25.3. The van der Waals surface area contributed by atoms with E-state index < -0.39 is 0 Å². The van der Waals surface area contributed by atoms with Crippen molar-refractivity contribution in [2.45, 2.75) is 64.2 Å². The van der Waals surface area contributed by atoms with E-state index in [-0.39, 0.29) is 28.6 Å². The Morgan fingerprint density at radius 2 is 1.67 bits per heavy atom. The first-order valence-corrected chi connectivity index (χ1v) is 10.4. The normalized spacial score (nSPS) is 33.8. The maximum atomic E-state index is 13.0. The van der Waals surface area contributed by atoms with Gasteiger partial charge in [-0.1, -0.05) is 17.7 Å². The fraction of sp³-hybridized carbons (Fsp3) is 0.636. The summed E-state index contributed by atoms with van der Waals surface area (Å²) in [5.74, 6) is 0.986. The second-order valence-corrected chi connectivity index (χ2v) is 10.2. The Morgan fingerprint density at radius 1 is 1.07 bits per heavy atom. The lowest BCUT2D eigenvalue weighted by Crippen LogP contribution is -2.58. The molecule has 1 aromatic rings. The number of aryl methyl sites for hydroxylation is 3. The highest BCUT2D eigenvalue weighted by Crippen LogP contribution is 2.63. The molecule has 0 heterocycles. The molecule has 2 amide bonds. The molecule has 146 valence electrons. The van der Waals surface area contributed by atoms with E-state index in [4.69, 9.17) is 11.6 Å². The van der Waals surface area contributed by atoms with Gasteiger partial charge in [0.1, 0.15) is 0 Å². The molecule has 5 heteroatoms. The molecular formula is C22H29ClN2O2. The van der Waals surface area contributed by atoms with Gasteiger partial charge < -0.3 is 10.6 Å². The molecule has 0 spiro atoms. The van der Waals surface area contributed by atoms with Crippen LogP contribution in [0.15, 0.2) is 12.1 Å². The molecule has 4 saturated carbocycles. The van der Waals surface area contributed by atoms with Crippen LogP contribution in [0.3, 0.4) is 0 Å². The van der Waals surface area contributed by atoms with Crippen molar-refractivity contribution < 1.29 is 9.59 Å². The van der Waals surface area contributed by atoms with Crippen molar-refractivity contribution in [2.75, 3.05) is 11.9 Å². The average molecular weight is 389 g/mol. The first-order valence-electron chi connectivity index (χ1n) is 10.0. The molecule has 4 nitrogen and oxygen atoms in total. The molecule has 4 aliphatic rings.